The Morgan fingerprint density at radius 2 is 2.06 bits per heavy atom. The number of hydrogen-bond acceptors (Lipinski definition) is 4. The third-order valence-corrected chi connectivity index (χ3v) is 3.13. The van der Waals surface area contributed by atoms with Crippen LogP contribution in [0.1, 0.15) is 63.6 Å². The molecular formula is C13H23N3O. The van der Waals surface area contributed by atoms with Crippen LogP contribution in [0, 0.1) is 0 Å². The fraction of sp³-hybridized carbons (Fsp3) is 0.846. The lowest BCUT2D eigenvalue weighted by Gasteiger charge is -1.96. The molecule has 1 aromatic heterocycles. The fourth-order valence-electron chi connectivity index (χ4n) is 1.87. The second-order valence-corrected chi connectivity index (χ2v) is 4.92. The predicted molar refractivity (Wildman–Crippen MR) is 66.6 cm³/mol. The van der Waals surface area contributed by atoms with Crippen LogP contribution < -0.4 is 5.32 Å². The van der Waals surface area contributed by atoms with E-state index in [1.807, 2.05) is 0 Å². The van der Waals surface area contributed by atoms with Crippen molar-refractivity contribution in [2.45, 2.75) is 70.9 Å². The van der Waals surface area contributed by atoms with Crippen LogP contribution in [0.25, 0.3) is 0 Å². The Morgan fingerprint density at radius 3 is 2.82 bits per heavy atom. The molecule has 1 saturated carbocycles. The summed E-state index contributed by atoms with van der Waals surface area (Å²) in [6.07, 6.45) is 9.90. The molecule has 1 aliphatic rings. The van der Waals surface area contributed by atoms with Gasteiger partial charge in [-0.1, -0.05) is 37.8 Å². The van der Waals surface area contributed by atoms with Crippen LogP contribution in [0.3, 0.4) is 0 Å². The molecule has 0 radical (unpaired) electrons. The summed E-state index contributed by atoms with van der Waals surface area (Å²) in [5, 5.41) is 7.37. The fourth-order valence-corrected chi connectivity index (χ4v) is 1.87. The minimum absolute atomic E-state index is 0.700. The van der Waals surface area contributed by atoms with Crippen molar-refractivity contribution in [2.75, 3.05) is 0 Å². The molecule has 2 rings (SSSR count). The van der Waals surface area contributed by atoms with Gasteiger partial charge in [0.25, 0.3) is 0 Å². The molecular weight excluding hydrogens is 214 g/mol. The predicted octanol–water partition coefficient (Wildman–Crippen LogP) is 2.83. The molecule has 0 unspecified atom stereocenters. The van der Waals surface area contributed by atoms with E-state index in [9.17, 15) is 0 Å². The van der Waals surface area contributed by atoms with E-state index in [1.54, 1.807) is 0 Å². The molecule has 0 saturated heterocycles. The number of nitrogens with one attached hydrogen (secondary N) is 1. The van der Waals surface area contributed by atoms with Crippen molar-refractivity contribution in [2.24, 2.45) is 0 Å². The van der Waals surface area contributed by atoms with E-state index in [-0.39, 0.29) is 0 Å². The molecule has 0 atom stereocenters. The molecule has 96 valence electrons. The van der Waals surface area contributed by atoms with Gasteiger partial charge in [-0.15, -0.1) is 0 Å². The molecule has 17 heavy (non-hydrogen) atoms. The number of unbranched alkanes of at least 4 members (excludes halogenated alkanes) is 4. The molecule has 1 heterocycles. The maximum atomic E-state index is 5.22. The van der Waals surface area contributed by atoms with Gasteiger partial charge < -0.3 is 9.84 Å². The summed E-state index contributed by atoms with van der Waals surface area (Å²) in [6.45, 7) is 2.99. The smallest absolute Gasteiger partial charge is 0.226 e. The molecule has 1 aliphatic carbocycles. The zero-order valence-corrected chi connectivity index (χ0v) is 10.7. The van der Waals surface area contributed by atoms with Crippen molar-refractivity contribution >= 4 is 0 Å². The number of rotatable bonds is 9. The van der Waals surface area contributed by atoms with Gasteiger partial charge in [0.1, 0.15) is 0 Å². The summed E-state index contributed by atoms with van der Waals surface area (Å²) in [4.78, 5) is 4.39. The minimum Gasteiger partial charge on any atom is -0.339 e. The number of aryl methyl sites for hydroxylation is 1. The van der Waals surface area contributed by atoms with Gasteiger partial charge in [-0.2, -0.15) is 4.98 Å². The quantitative estimate of drug-likeness (QED) is 0.671. The lowest BCUT2D eigenvalue weighted by Crippen LogP contribution is -2.16. The van der Waals surface area contributed by atoms with Gasteiger partial charge >= 0.3 is 0 Å². The summed E-state index contributed by atoms with van der Waals surface area (Å²) in [6, 6.07) is 0.700. The summed E-state index contributed by atoms with van der Waals surface area (Å²) >= 11 is 0. The maximum absolute atomic E-state index is 5.22. The highest BCUT2D eigenvalue weighted by Crippen LogP contribution is 2.18. The molecule has 4 heteroatoms. The Morgan fingerprint density at radius 1 is 1.24 bits per heavy atom. The van der Waals surface area contributed by atoms with Crippen molar-refractivity contribution in [1.82, 2.24) is 15.5 Å². The van der Waals surface area contributed by atoms with Gasteiger partial charge in [-0.05, 0) is 19.3 Å². The van der Waals surface area contributed by atoms with E-state index in [4.69, 9.17) is 4.52 Å². The first kappa shape index (κ1) is 12.6. The number of nitrogens with zero attached hydrogens (tertiary/aromatic N) is 2. The van der Waals surface area contributed by atoms with E-state index in [0.29, 0.717) is 6.04 Å². The average Bonchev–Trinajstić information content (AvgIpc) is 3.06. The summed E-state index contributed by atoms with van der Waals surface area (Å²) < 4.78 is 5.22. The lowest BCUT2D eigenvalue weighted by atomic mass is 10.1. The molecule has 0 amide bonds. The largest absolute Gasteiger partial charge is 0.339 e. The highest BCUT2D eigenvalue weighted by Gasteiger charge is 2.20. The van der Waals surface area contributed by atoms with Crippen LogP contribution in [0.5, 0.6) is 0 Å². The van der Waals surface area contributed by atoms with Gasteiger partial charge in [-0.25, -0.2) is 0 Å². The normalized spacial score (nSPS) is 15.4. The Hall–Kier alpha value is -0.900. The third-order valence-electron chi connectivity index (χ3n) is 3.13. The van der Waals surface area contributed by atoms with Gasteiger partial charge in [0, 0.05) is 12.5 Å². The van der Waals surface area contributed by atoms with Crippen molar-refractivity contribution < 1.29 is 4.52 Å². The summed E-state index contributed by atoms with van der Waals surface area (Å²) in [5.74, 6) is 1.61. The standard InChI is InChI=1S/C13H23N3O/c1-2-3-4-5-6-7-13-15-12(16-17-13)10-14-11-8-9-11/h11,14H,2-10H2,1H3. The minimum atomic E-state index is 0.700. The molecule has 0 aliphatic heterocycles. The third kappa shape index (κ3) is 4.86. The highest BCUT2D eigenvalue weighted by atomic mass is 16.5. The van der Waals surface area contributed by atoms with E-state index in [0.717, 1.165) is 31.1 Å². The molecule has 0 aromatic carbocycles. The van der Waals surface area contributed by atoms with Crippen LogP contribution in [-0.2, 0) is 13.0 Å². The topological polar surface area (TPSA) is 51.0 Å². The van der Waals surface area contributed by atoms with Crippen molar-refractivity contribution in [1.29, 1.82) is 0 Å². The van der Waals surface area contributed by atoms with Crippen LogP contribution in [0.4, 0.5) is 0 Å². The van der Waals surface area contributed by atoms with E-state index in [2.05, 4.69) is 22.4 Å². The van der Waals surface area contributed by atoms with Crippen LogP contribution in [-0.4, -0.2) is 16.2 Å². The highest BCUT2D eigenvalue weighted by molar-refractivity contribution is 4.89. The summed E-state index contributed by atoms with van der Waals surface area (Å²) in [7, 11) is 0. The zero-order chi connectivity index (χ0) is 11.9. The van der Waals surface area contributed by atoms with Gasteiger partial charge in [0.15, 0.2) is 5.82 Å². The number of aromatic nitrogens is 2. The zero-order valence-electron chi connectivity index (χ0n) is 10.7. The molecule has 1 aromatic rings. The van der Waals surface area contributed by atoms with Crippen LogP contribution >= 0.6 is 0 Å². The second-order valence-electron chi connectivity index (χ2n) is 4.92. The van der Waals surface area contributed by atoms with Crippen molar-refractivity contribution in [3.63, 3.8) is 0 Å². The number of hydrogen-bond donors (Lipinski definition) is 1. The van der Waals surface area contributed by atoms with Crippen molar-refractivity contribution in [3.05, 3.63) is 11.7 Å². The van der Waals surface area contributed by atoms with Gasteiger partial charge in [0.2, 0.25) is 5.89 Å². The monoisotopic (exact) mass is 237 g/mol. The molecule has 1 fully saturated rings. The van der Waals surface area contributed by atoms with Crippen LogP contribution in [0.15, 0.2) is 4.52 Å². The second kappa shape index (κ2) is 6.74. The van der Waals surface area contributed by atoms with Crippen LogP contribution in [0.2, 0.25) is 0 Å². The first-order valence-corrected chi connectivity index (χ1v) is 6.93. The Balaban J connectivity index is 1.59. The first-order chi connectivity index (χ1) is 8.38. The first-order valence-electron chi connectivity index (χ1n) is 6.93. The Labute approximate surface area is 103 Å². The average molecular weight is 237 g/mol. The lowest BCUT2D eigenvalue weighted by molar-refractivity contribution is 0.367. The van der Waals surface area contributed by atoms with Gasteiger partial charge in [-0.3, -0.25) is 0 Å². The van der Waals surface area contributed by atoms with E-state index >= 15 is 0 Å². The Bertz CT molecular complexity index is 320. The SMILES string of the molecule is CCCCCCCc1nc(CNC2CC2)no1. The van der Waals surface area contributed by atoms with Crippen molar-refractivity contribution in [3.8, 4) is 0 Å². The molecule has 4 nitrogen and oxygen atoms in total. The summed E-state index contributed by atoms with van der Waals surface area (Å²) in [5.41, 5.74) is 0. The van der Waals surface area contributed by atoms with Gasteiger partial charge in [0.05, 0.1) is 6.54 Å². The molecule has 0 spiro atoms. The van der Waals surface area contributed by atoms with E-state index < -0.39 is 0 Å². The molecule has 0 bridgehead atoms. The maximum Gasteiger partial charge on any atom is 0.226 e. The Kier molecular flexibility index (Phi) is 4.98. The molecule has 1 N–H and O–H groups in total. The van der Waals surface area contributed by atoms with E-state index in [1.165, 1.54) is 38.5 Å².